The molecule has 0 saturated carbocycles. The second kappa shape index (κ2) is 12.0. The van der Waals surface area contributed by atoms with E-state index in [1.165, 1.54) is 15.6 Å². The van der Waals surface area contributed by atoms with Crippen molar-refractivity contribution in [1.29, 1.82) is 10.5 Å². The Morgan fingerprint density at radius 2 is 0.917 bits per heavy atom. The summed E-state index contributed by atoms with van der Waals surface area (Å²) in [4.78, 5) is 0. The Hall–Kier alpha value is -6.46. The monoisotopic (exact) mass is 627 g/mol. The normalized spacial score (nSPS) is 11.3. The van der Waals surface area contributed by atoms with Gasteiger partial charge in [0.15, 0.2) is 8.07 Å². The van der Waals surface area contributed by atoms with E-state index in [0.717, 1.165) is 43.8 Å². The molecular weight excluding hydrogens is 599 g/mol. The lowest BCUT2D eigenvalue weighted by Gasteiger charge is -2.34. The highest BCUT2D eigenvalue weighted by molar-refractivity contribution is 7.19. The Labute approximate surface area is 280 Å². The van der Waals surface area contributed by atoms with E-state index in [-0.39, 0.29) is 0 Å². The molecule has 0 amide bonds. The van der Waals surface area contributed by atoms with Crippen LogP contribution in [-0.4, -0.2) is 12.6 Å². The van der Waals surface area contributed by atoms with Crippen LogP contribution in [0.2, 0.25) is 0 Å². The molecule has 4 heteroatoms. The first-order chi connectivity index (χ1) is 23.8. The number of hydrogen-bond acceptors (Lipinski definition) is 2. The van der Waals surface area contributed by atoms with Crippen molar-refractivity contribution in [2.45, 2.75) is 0 Å². The third kappa shape index (κ3) is 4.48. The number of benzene rings is 7. The van der Waals surface area contributed by atoms with Gasteiger partial charge < -0.3 is 4.57 Å². The molecule has 0 N–H and O–H groups in total. The van der Waals surface area contributed by atoms with Crippen molar-refractivity contribution in [3.63, 3.8) is 0 Å². The average molecular weight is 628 g/mol. The maximum Gasteiger partial charge on any atom is 0.179 e. The topological polar surface area (TPSA) is 52.5 Å². The van der Waals surface area contributed by atoms with E-state index in [0.29, 0.717) is 11.1 Å². The van der Waals surface area contributed by atoms with Crippen LogP contribution < -0.4 is 20.7 Å². The van der Waals surface area contributed by atoms with Gasteiger partial charge in [-0.1, -0.05) is 152 Å². The number of aromatic nitrogens is 1. The van der Waals surface area contributed by atoms with E-state index >= 15 is 0 Å². The molecule has 0 fully saturated rings. The van der Waals surface area contributed by atoms with E-state index < -0.39 is 8.07 Å². The first-order valence-electron chi connectivity index (χ1n) is 16.0. The van der Waals surface area contributed by atoms with E-state index in [9.17, 15) is 10.5 Å². The van der Waals surface area contributed by atoms with Gasteiger partial charge in [-0.2, -0.15) is 10.5 Å². The van der Waals surface area contributed by atoms with Crippen LogP contribution in [0.4, 0.5) is 0 Å². The maximum absolute atomic E-state index is 10.9. The molecule has 1 heterocycles. The van der Waals surface area contributed by atoms with Gasteiger partial charge in [-0.15, -0.1) is 0 Å². The second-order valence-corrected chi connectivity index (χ2v) is 15.7. The molecule has 8 rings (SSSR count). The predicted octanol–water partition coefficient (Wildman–Crippen LogP) is 7.57. The van der Waals surface area contributed by atoms with Crippen molar-refractivity contribution in [1.82, 2.24) is 4.57 Å². The highest BCUT2D eigenvalue weighted by Gasteiger charge is 2.41. The Morgan fingerprint density at radius 3 is 1.42 bits per heavy atom. The summed E-state index contributed by atoms with van der Waals surface area (Å²) in [7, 11) is -2.86. The van der Waals surface area contributed by atoms with Gasteiger partial charge >= 0.3 is 0 Å². The molecular formula is C44H29N3Si. The molecule has 1 aromatic heterocycles. The second-order valence-electron chi connectivity index (χ2n) is 11.9. The average Bonchev–Trinajstić information content (AvgIpc) is 3.50. The fourth-order valence-corrected chi connectivity index (χ4v) is 12.2. The molecule has 3 nitrogen and oxygen atoms in total. The molecule has 0 spiro atoms. The molecule has 0 aliphatic carbocycles. The summed E-state index contributed by atoms with van der Waals surface area (Å²) < 4.78 is 2.18. The summed E-state index contributed by atoms with van der Waals surface area (Å²) in [6.45, 7) is 0. The molecule has 0 radical (unpaired) electrons. The van der Waals surface area contributed by atoms with Gasteiger partial charge in [-0.05, 0) is 45.0 Å². The Kier molecular flexibility index (Phi) is 7.27. The summed E-state index contributed by atoms with van der Waals surface area (Å²) in [5, 5.41) is 28.5. The minimum atomic E-state index is -2.86. The van der Waals surface area contributed by atoms with Gasteiger partial charge in [-0.25, -0.2) is 0 Å². The maximum atomic E-state index is 10.9. The molecule has 0 atom stereocenters. The van der Waals surface area contributed by atoms with Crippen molar-refractivity contribution in [2.24, 2.45) is 0 Å². The van der Waals surface area contributed by atoms with Crippen molar-refractivity contribution >= 4 is 50.6 Å². The SMILES string of the molecule is N#Cc1ccc([Si](c2ccccc2)(c2ccccc2)c2ccccc2)cc1-c1cccc(-n2c3ccccc3c3ccccc32)c1C#N. The predicted molar refractivity (Wildman–Crippen MR) is 199 cm³/mol. The van der Waals surface area contributed by atoms with Crippen LogP contribution in [0.1, 0.15) is 11.1 Å². The van der Waals surface area contributed by atoms with Gasteiger partial charge in [0, 0.05) is 21.9 Å². The molecule has 48 heavy (non-hydrogen) atoms. The molecule has 224 valence electrons. The van der Waals surface area contributed by atoms with Gasteiger partial charge in [0.1, 0.15) is 6.07 Å². The summed E-state index contributed by atoms with van der Waals surface area (Å²) in [5.74, 6) is 0. The van der Waals surface area contributed by atoms with Crippen molar-refractivity contribution < 1.29 is 0 Å². The van der Waals surface area contributed by atoms with Crippen LogP contribution >= 0.6 is 0 Å². The lowest BCUT2D eigenvalue weighted by atomic mass is 9.95. The number of para-hydroxylation sites is 2. The molecule has 0 saturated heterocycles. The van der Waals surface area contributed by atoms with Crippen molar-refractivity contribution in [3.05, 3.63) is 187 Å². The lowest BCUT2D eigenvalue weighted by molar-refractivity contribution is 1.17. The van der Waals surface area contributed by atoms with E-state index in [2.05, 4.69) is 144 Å². The zero-order chi connectivity index (χ0) is 32.5. The summed E-state index contributed by atoms with van der Waals surface area (Å²) in [6, 6.07) is 66.1. The Morgan fingerprint density at radius 1 is 0.417 bits per heavy atom. The quantitative estimate of drug-likeness (QED) is 0.141. The first kappa shape index (κ1) is 29.0. The molecule has 0 unspecified atom stereocenters. The van der Waals surface area contributed by atoms with Crippen LogP contribution in [0.3, 0.4) is 0 Å². The zero-order valence-electron chi connectivity index (χ0n) is 26.1. The highest BCUT2D eigenvalue weighted by Crippen LogP contribution is 2.36. The molecule has 7 aromatic carbocycles. The fraction of sp³-hybridized carbons (Fsp3) is 0. The van der Waals surface area contributed by atoms with E-state index in [4.69, 9.17) is 0 Å². The number of fused-ring (bicyclic) bond motifs is 3. The minimum absolute atomic E-state index is 0.532. The van der Waals surface area contributed by atoms with Crippen LogP contribution in [0.25, 0.3) is 38.6 Å². The molecule has 8 aromatic rings. The number of nitrogens with zero attached hydrogens (tertiary/aromatic N) is 3. The highest BCUT2D eigenvalue weighted by atomic mass is 28.3. The van der Waals surface area contributed by atoms with Crippen molar-refractivity contribution in [3.8, 4) is 29.0 Å². The standard InChI is InChI=1S/C44H29N3Si/c45-30-32-27-28-36(48(33-15-4-1-5-16-33,34-17-6-2-7-18-34)35-19-8-3-9-20-35)29-40(32)37-23-14-26-44(41(37)31-46)47-42-24-12-10-21-38(42)39-22-11-13-25-43(39)47/h1-29H. The van der Waals surface area contributed by atoms with Crippen LogP contribution in [0, 0.1) is 22.7 Å². The van der Waals surface area contributed by atoms with Crippen LogP contribution in [-0.2, 0) is 0 Å². The van der Waals surface area contributed by atoms with Gasteiger partial charge in [-0.3, -0.25) is 0 Å². The minimum Gasteiger partial charge on any atom is -0.308 e. The van der Waals surface area contributed by atoms with Crippen LogP contribution in [0.5, 0.6) is 0 Å². The first-order valence-corrected chi connectivity index (χ1v) is 18.0. The number of rotatable bonds is 6. The zero-order valence-corrected chi connectivity index (χ0v) is 27.1. The Balaban J connectivity index is 1.44. The fourth-order valence-electron chi connectivity index (χ4n) is 7.41. The summed E-state index contributed by atoms with van der Waals surface area (Å²) >= 11 is 0. The molecule has 0 aliphatic heterocycles. The van der Waals surface area contributed by atoms with E-state index in [1.54, 1.807) is 0 Å². The summed E-state index contributed by atoms with van der Waals surface area (Å²) in [6.07, 6.45) is 0. The van der Waals surface area contributed by atoms with Crippen LogP contribution in [0.15, 0.2) is 176 Å². The van der Waals surface area contributed by atoms with Crippen molar-refractivity contribution in [2.75, 3.05) is 0 Å². The van der Waals surface area contributed by atoms with Gasteiger partial charge in [0.2, 0.25) is 0 Å². The smallest absolute Gasteiger partial charge is 0.179 e. The largest absolute Gasteiger partial charge is 0.308 e. The summed E-state index contributed by atoms with van der Waals surface area (Å²) in [5.41, 5.74) is 5.42. The third-order valence-electron chi connectivity index (χ3n) is 9.46. The Bertz CT molecular complexity index is 2370. The third-order valence-corrected chi connectivity index (χ3v) is 14.2. The van der Waals surface area contributed by atoms with Gasteiger partial charge in [0.25, 0.3) is 0 Å². The van der Waals surface area contributed by atoms with E-state index in [1.807, 2.05) is 48.5 Å². The number of hydrogen-bond donors (Lipinski definition) is 0. The number of nitriles is 2. The van der Waals surface area contributed by atoms with Gasteiger partial charge in [0.05, 0.1) is 33.9 Å². The molecule has 0 aliphatic rings. The molecule has 0 bridgehead atoms. The lowest BCUT2D eigenvalue weighted by Crippen LogP contribution is -2.74.